The molecule has 1 aliphatic heterocycles. The molecule has 0 unspecified atom stereocenters. The fourth-order valence-electron chi connectivity index (χ4n) is 1.30. The van der Waals surface area contributed by atoms with E-state index in [1.807, 2.05) is 0 Å². The second-order valence-electron chi connectivity index (χ2n) is 3.17. The van der Waals surface area contributed by atoms with Gasteiger partial charge in [-0.1, -0.05) is 0 Å². The Hall–Kier alpha value is -0.200. The Morgan fingerprint density at radius 2 is 1.83 bits per heavy atom. The average molecular weight is 175 g/mol. The fraction of sp³-hybridized carbons (Fsp3) is 1.00. The van der Waals surface area contributed by atoms with E-state index in [0.29, 0.717) is 6.54 Å². The molecule has 0 aromatic carbocycles. The molecule has 0 aliphatic carbocycles. The largest absolute Gasteiger partial charge is 0.394 e. The van der Waals surface area contributed by atoms with Crippen molar-refractivity contribution < 1.29 is 10.2 Å². The Morgan fingerprint density at radius 3 is 2.33 bits per heavy atom. The minimum absolute atomic E-state index is 0.164. The van der Waals surface area contributed by atoms with Gasteiger partial charge in [-0.05, 0) is 0 Å². The molecule has 5 heteroatoms. The molecule has 1 saturated heterocycles. The molecular formula is C7H17N3O2. The Kier molecular flexibility index (Phi) is 3.90. The molecule has 0 aromatic heterocycles. The summed E-state index contributed by atoms with van der Waals surface area (Å²) < 4.78 is 0. The van der Waals surface area contributed by atoms with Gasteiger partial charge in [0, 0.05) is 32.7 Å². The Morgan fingerprint density at radius 1 is 1.25 bits per heavy atom. The highest BCUT2D eigenvalue weighted by atomic mass is 16.3. The summed E-state index contributed by atoms with van der Waals surface area (Å²) >= 11 is 0. The van der Waals surface area contributed by atoms with Gasteiger partial charge in [-0.25, -0.2) is 5.01 Å². The molecule has 0 bridgehead atoms. The van der Waals surface area contributed by atoms with E-state index in [1.54, 1.807) is 5.01 Å². The molecule has 1 atom stereocenters. The first-order chi connectivity index (χ1) is 5.72. The van der Waals surface area contributed by atoms with Gasteiger partial charge in [-0.15, -0.1) is 0 Å². The van der Waals surface area contributed by atoms with E-state index in [9.17, 15) is 0 Å². The Balaban J connectivity index is 2.17. The molecule has 72 valence electrons. The zero-order valence-electron chi connectivity index (χ0n) is 7.19. The Bertz CT molecular complexity index is 126. The second kappa shape index (κ2) is 4.74. The first-order valence-corrected chi connectivity index (χ1v) is 4.23. The highest BCUT2D eigenvalue weighted by Gasteiger charge is 2.16. The van der Waals surface area contributed by atoms with Gasteiger partial charge in [0.15, 0.2) is 0 Å². The fourth-order valence-corrected chi connectivity index (χ4v) is 1.30. The molecule has 0 amide bonds. The second-order valence-corrected chi connectivity index (χ2v) is 3.17. The minimum atomic E-state index is -0.616. The monoisotopic (exact) mass is 175 g/mol. The topological polar surface area (TPSA) is 73.0 Å². The summed E-state index contributed by atoms with van der Waals surface area (Å²) in [5.41, 5.74) is 0. The number of β-amino-alcohol motifs (C(OH)–C–C–N with tert-alkyl or cyclic N) is 1. The number of aliphatic hydroxyl groups is 2. The van der Waals surface area contributed by atoms with Crippen LogP contribution in [0.5, 0.6) is 0 Å². The molecule has 12 heavy (non-hydrogen) atoms. The maximum Gasteiger partial charge on any atom is 0.0897 e. The van der Waals surface area contributed by atoms with Gasteiger partial charge in [0.1, 0.15) is 0 Å². The van der Waals surface area contributed by atoms with Crippen molar-refractivity contribution in [3.8, 4) is 0 Å². The summed E-state index contributed by atoms with van der Waals surface area (Å²) in [5, 5.41) is 19.5. The van der Waals surface area contributed by atoms with Gasteiger partial charge in [-0.3, -0.25) is 10.7 Å². The summed E-state index contributed by atoms with van der Waals surface area (Å²) in [4.78, 5) is 2.10. The van der Waals surface area contributed by atoms with Crippen LogP contribution in [-0.4, -0.2) is 65.6 Å². The molecular weight excluding hydrogens is 158 g/mol. The first kappa shape index (κ1) is 9.88. The van der Waals surface area contributed by atoms with Crippen molar-refractivity contribution in [1.82, 2.24) is 9.91 Å². The van der Waals surface area contributed by atoms with Crippen LogP contribution in [-0.2, 0) is 0 Å². The number of hydrogen-bond acceptors (Lipinski definition) is 5. The summed E-state index contributed by atoms with van der Waals surface area (Å²) in [6.45, 7) is 3.78. The van der Waals surface area contributed by atoms with Gasteiger partial charge in [0.05, 0.1) is 12.7 Å². The summed E-state index contributed by atoms with van der Waals surface area (Å²) in [6.07, 6.45) is -0.616. The van der Waals surface area contributed by atoms with Gasteiger partial charge >= 0.3 is 0 Å². The SMILES string of the molecule is NN1CCN(C[C@@H](O)CO)CC1. The van der Waals surface area contributed by atoms with E-state index in [0.717, 1.165) is 26.2 Å². The highest BCUT2D eigenvalue weighted by Crippen LogP contribution is 1.98. The molecule has 4 N–H and O–H groups in total. The number of rotatable bonds is 3. The van der Waals surface area contributed by atoms with E-state index < -0.39 is 6.10 Å². The van der Waals surface area contributed by atoms with Crippen molar-refractivity contribution in [3.63, 3.8) is 0 Å². The van der Waals surface area contributed by atoms with Crippen LogP contribution in [0.1, 0.15) is 0 Å². The van der Waals surface area contributed by atoms with Gasteiger partial charge < -0.3 is 10.2 Å². The van der Waals surface area contributed by atoms with E-state index >= 15 is 0 Å². The molecule has 0 radical (unpaired) electrons. The van der Waals surface area contributed by atoms with E-state index in [4.69, 9.17) is 16.1 Å². The van der Waals surface area contributed by atoms with Crippen molar-refractivity contribution in [1.29, 1.82) is 0 Å². The van der Waals surface area contributed by atoms with Crippen molar-refractivity contribution in [2.45, 2.75) is 6.10 Å². The minimum Gasteiger partial charge on any atom is -0.394 e. The molecule has 0 spiro atoms. The lowest BCUT2D eigenvalue weighted by atomic mass is 10.3. The van der Waals surface area contributed by atoms with Crippen LogP contribution in [0.15, 0.2) is 0 Å². The first-order valence-electron chi connectivity index (χ1n) is 4.23. The van der Waals surface area contributed by atoms with E-state index in [-0.39, 0.29) is 6.61 Å². The molecule has 0 aromatic rings. The van der Waals surface area contributed by atoms with Crippen molar-refractivity contribution in [3.05, 3.63) is 0 Å². The molecule has 5 nitrogen and oxygen atoms in total. The number of nitrogens with two attached hydrogens (primary N) is 1. The number of hydrazine groups is 1. The molecule has 1 heterocycles. The molecule has 1 fully saturated rings. The van der Waals surface area contributed by atoms with Crippen LogP contribution >= 0.6 is 0 Å². The lowest BCUT2D eigenvalue weighted by molar-refractivity contribution is 0.0395. The lowest BCUT2D eigenvalue weighted by Gasteiger charge is -2.32. The Labute approximate surface area is 72.3 Å². The van der Waals surface area contributed by atoms with E-state index in [2.05, 4.69) is 4.90 Å². The smallest absolute Gasteiger partial charge is 0.0897 e. The van der Waals surface area contributed by atoms with E-state index in [1.165, 1.54) is 0 Å². The van der Waals surface area contributed by atoms with Crippen molar-refractivity contribution in [2.75, 3.05) is 39.3 Å². The van der Waals surface area contributed by atoms with Gasteiger partial charge in [0.2, 0.25) is 0 Å². The number of hydrogen-bond donors (Lipinski definition) is 3. The van der Waals surface area contributed by atoms with Crippen LogP contribution in [0.25, 0.3) is 0 Å². The third-order valence-electron chi connectivity index (χ3n) is 2.09. The van der Waals surface area contributed by atoms with Crippen LogP contribution in [0, 0.1) is 0 Å². The standard InChI is InChI=1S/C7H17N3O2/c8-10-3-1-9(2-4-10)5-7(12)6-11/h7,11-12H,1-6,8H2/t7-/m1/s1. The number of nitrogens with zero attached hydrogens (tertiary/aromatic N) is 2. The van der Waals surface area contributed by atoms with Gasteiger partial charge in [-0.2, -0.15) is 0 Å². The summed E-state index contributed by atoms with van der Waals surface area (Å²) in [5.74, 6) is 5.56. The zero-order chi connectivity index (χ0) is 8.97. The zero-order valence-corrected chi connectivity index (χ0v) is 7.19. The predicted octanol–water partition coefficient (Wildman–Crippen LogP) is -2.17. The number of piperazine rings is 1. The third-order valence-corrected chi connectivity index (χ3v) is 2.09. The maximum atomic E-state index is 9.14. The van der Waals surface area contributed by atoms with Crippen LogP contribution < -0.4 is 5.84 Å². The van der Waals surface area contributed by atoms with Crippen molar-refractivity contribution >= 4 is 0 Å². The number of aliphatic hydroxyl groups excluding tert-OH is 2. The third kappa shape index (κ3) is 3.04. The van der Waals surface area contributed by atoms with Crippen molar-refractivity contribution in [2.24, 2.45) is 5.84 Å². The average Bonchev–Trinajstić information content (AvgIpc) is 2.09. The maximum absolute atomic E-state index is 9.14. The predicted molar refractivity (Wildman–Crippen MR) is 45.3 cm³/mol. The van der Waals surface area contributed by atoms with Crippen LogP contribution in [0.3, 0.4) is 0 Å². The molecule has 1 aliphatic rings. The highest BCUT2D eigenvalue weighted by molar-refractivity contribution is 4.70. The lowest BCUT2D eigenvalue weighted by Crippen LogP contribution is -2.51. The van der Waals surface area contributed by atoms with Crippen LogP contribution in [0.4, 0.5) is 0 Å². The summed E-state index contributed by atoms with van der Waals surface area (Å²) in [6, 6.07) is 0. The normalized spacial score (nSPS) is 24.2. The molecule has 0 saturated carbocycles. The molecule has 1 rings (SSSR count). The summed E-state index contributed by atoms with van der Waals surface area (Å²) in [7, 11) is 0. The van der Waals surface area contributed by atoms with Crippen LogP contribution in [0.2, 0.25) is 0 Å². The van der Waals surface area contributed by atoms with Gasteiger partial charge in [0.25, 0.3) is 0 Å². The quantitative estimate of drug-likeness (QED) is 0.426.